The molecule has 2 unspecified atom stereocenters. The Morgan fingerprint density at radius 3 is 2.55 bits per heavy atom. The molecule has 1 aliphatic rings. The van der Waals surface area contributed by atoms with Crippen LogP contribution in [0.3, 0.4) is 0 Å². The summed E-state index contributed by atoms with van der Waals surface area (Å²) in [6, 6.07) is 5.63. The Morgan fingerprint density at radius 2 is 1.95 bits per heavy atom. The van der Waals surface area contributed by atoms with Crippen LogP contribution in [-0.2, 0) is 0 Å². The van der Waals surface area contributed by atoms with E-state index in [9.17, 15) is 5.11 Å². The monoisotopic (exact) mass is 278 g/mol. The highest BCUT2D eigenvalue weighted by atomic mass is 16.5. The number of benzene rings is 1. The van der Waals surface area contributed by atoms with Gasteiger partial charge in [-0.2, -0.15) is 0 Å². The van der Waals surface area contributed by atoms with Crippen LogP contribution in [0.1, 0.15) is 51.2 Å². The molecule has 1 saturated carbocycles. The van der Waals surface area contributed by atoms with Crippen molar-refractivity contribution in [2.75, 3.05) is 14.2 Å². The fourth-order valence-electron chi connectivity index (χ4n) is 3.39. The summed E-state index contributed by atoms with van der Waals surface area (Å²) in [7, 11) is 3.28. The topological polar surface area (TPSA) is 38.7 Å². The lowest BCUT2D eigenvalue weighted by Gasteiger charge is -2.41. The van der Waals surface area contributed by atoms with E-state index in [4.69, 9.17) is 9.47 Å². The van der Waals surface area contributed by atoms with Crippen LogP contribution in [0.15, 0.2) is 18.2 Å². The summed E-state index contributed by atoms with van der Waals surface area (Å²) in [5.74, 6) is 1.75. The maximum Gasteiger partial charge on any atom is 0.124 e. The average Bonchev–Trinajstić information content (AvgIpc) is 2.45. The quantitative estimate of drug-likeness (QED) is 0.906. The third kappa shape index (κ3) is 2.93. The van der Waals surface area contributed by atoms with Gasteiger partial charge in [-0.05, 0) is 42.4 Å². The first-order valence-corrected chi connectivity index (χ1v) is 7.39. The predicted molar refractivity (Wildman–Crippen MR) is 80.2 cm³/mol. The molecule has 3 nitrogen and oxygen atoms in total. The molecule has 20 heavy (non-hydrogen) atoms. The van der Waals surface area contributed by atoms with E-state index < -0.39 is 6.10 Å². The van der Waals surface area contributed by atoms with Crippen LogP contribution in [0.5, 0.6) is 11.5 Å². The average molecular weight is 278 g/mol. The lowest BCUT2D eigenvalue weighted by atomic mass is 9.65. The molecule has 2 rings (SSSR count). The zero-order valence-corrected chi connectivity index (χ0v) is 13.0. The summed E-state index contributed by atoms with van der Waals surface area (Å²) in [6.45, 7) is 4.51. The van der Waals surface area contributed by atoms with Gasteiger partial charge in [0.1, 0.15) is 11.5 Å². The third-order valence-electron chi connectivity index (χ3n) is 4.73. The van der Waals surface area contributed by atoms with Crippen LogP contribution < -0.4 is 9.47 Å². The highest BCUT2D eigenvalue weighted by Gasteiger charge is 2.38. The van der Waals surface area contributed by atoms with Gasteiger partial charge in [0.2, 0.25) is 0 Å². The van der Waals surface area contributed by atoms with E-state index in [0.29, 0.717) is 0 Å². The maximum atomic E-state index is 10.9. The van der Waals surface area contributed by atoms with Crippen LogP contribution in [0.4, 0.5) is 0 Å². The molecule has 1 aromatic carbocycles. The number of hydrogen-bond donors (Lipinski definition) is 1. The molecule has 0 spiro atoms. The van der Waals surface area contributed by atoms with E-state index in [-0.39, 0.29) is 11.3 Å². The van der Waals surface area contributed by atoms with E-state index in [1.165, 1.54) is 19.3 Å². The maximum absolute atomic E-state index is 10.9. The number of rotatable bonds is 4. The molecule has 1 aliphatic carbocycles. The molecule has 112 valence electrons. The molecule has 0 radical (unpaired) electrons. The van der Waals surface area contributed by atoms with Crippen LogP contribution in [0.25, 0.3) is 0 Å². The molecule has 0 aliphatic heterocycles. The molecule has 0 aromatic heterocycles. The first-order chi connectivity index (χ1) is 9.49. The Hall–Kier alpha value is -1.22. The first kappa shape index (κ1) is 15.2. The lowest BCUT2D eigenvalue weighted by Crippen LogP contribution is -2.32. The normalized spacial score (nSPS) is 23.1. The Balaban J connectivity index is 2.33. The summed E-state index contributed by atoms with van der Waals surface area (Å²) in [5, 5.41) is 10.9. The van der Waals surface area contributed by atoms with Gasteiger partial charge in [-0.1, -0.05) is 26.7 Å². The number of hydrogen-bond acceptors (Lipinski definition) is 3. The highest BCUT2D eigenvalue weighted by molar-refractivity contribution is 5.42. The van der Waals surface area contributed by atoms with Crippen LogP contribution in [0, 0.1) is 11.3 Å². The van der Waals surface area contributed by atoms with Gasteiger partial charge in [-0.25, -0.2) is 0 Å². The summed E-state index contributed by atoms with van der Waals surface area (Å²) in [4.78, 5) is 0. The van der Waals surface area contributed by atoms with E-state index >= 15 is 0 Å². The molecule has 1 N–H and O–H groups in total. The molecular weight excluding hydrogens is 252 g/mol. The van der Waals surface area contributed by atoms with Crippen LogP contribution >= 0.6 is 0 Å². The Morgan fingerprint density at radius 1 is 1.20 bits per heavy atom. The SMILES string of the molecule is COc1ccc(OC)c(C(O)C2CCCCC2(C)C)c1. The summed E-state index contributed by atoms with van der Waals surface area (Å²) in [5.41, 5.74) is 0.998. The van der Waals surface area contributed by atoms with Crippen LogP contribution in [-0.4, -0.2) is 19.3 Å². The van der Waals surface area contributed by atoms with Crippen molar-refractivity contribution in [1.82, 2.24) is 0 Å². The van der Waals surface area contributed by atoms with Crippen molar-refractivity contribution in [3.63, 3.8) is 0 Å². The van der Waals surface area contributed by atoms with Gasteiger partial charge in [0.25, 0.3) is 0 Å². The van der Waals surface area contributed by atoms with E-state index in [0.717, 1.165) is 23.5 Å². The molecular formula is C17H26O3. The smallest absolute Gasteiger partial charge is 0.124 e. The van der Waals surface area contributed by atoms with Crippen molar-refractivity contribution in [3.8, 4) is 11.5 Å². The minimum atomic E-state index is -0.504. The second-order valence-corrected chi connectivity index (χ2v) is 6.39. The molecule has 3 heteroatoms. The van der Waals surface area contributed by atoms with Gasteiger partial charge in [-0.3, -0.25) is 0 Å². The second kappa shape index (κ2) is 6.04. The van der Waals surface area contributed by atoms with Gasteiger partial charge in [0.05, 0.1) is 20.3 Å². The Labute approximate surface area is 121 Å². The molecule has 0 saturated heterocycles. The fourth-order valence-corrected chi connectivity index (χ4v) is 3.39. The third-order valence-corrected chi connectivity index (χ3v) is 4.73. The van der Waals surface area contributed by atoms with E-state index in [1.807, 2.05) is 18.2 Å². The molecule has 1 fully saturated rings. The predicted octanol–water partition coefficient (Wildman–Crippen LogP) is 3.95. The van der Waals surface area contributed by atoms with Crippen LogP contribution in [0.2, 0.25) is 0 Å². The van der Waals surface area contributed by atoms with E-state index in [2.05, 4.69) is 13.8 Å². The molecule has 2 atom stereocenters. The second-order valence-electron chi connectivity index (χ2n) is 6.39. The number of ether oxygens (including phenoxy) is 2. The zero-order valence-electron chi connectivity index (χ0n) is 13.0. The largest absolute Gasteiger partial charge is 0.497 e. The number of aliphatic hydroxyl groups excluding tert-OH is 1. The van der Waals surface area contributed by atoms with Gasteiger partial charge in [-0.15, -0.1) is 0 Å². The zero-order chi connectivity index (χ0) is 14.8. The van der Waals surface area contributed by atoms with Gasteiger partial charge >= 0.3 is 0 Å². The van der Waals surface area contributed by atoms with Crippen molar-refractivity contribution in [1.29, 1.82) is 0 Å². The fraction of sp³-hybridized carbons (Fsp3) is 0.647. The highest BCUT2D eigenvalue weighted by Crippen LogP contribution is 2.48. The van der Waals surface area contributed by atoms with Gasteiger partial charge in [0.15, 0.2) is 0 Å². The number of methoxy groups -OCH3 is 2. The first-order valence-electron chi connectivity index (χ1n) is 7.39. The summed E-state index contributed by atoms with van der Waals surface area (Å²) < 4.78 is 10.7. The lowest BCUT2D eigenvalue weighted by molar-refractivity contribution is 0.00258. The molecule has 0 amide bonds. The summed E-state index contributed by atoms with van der Waals surface area (Å²) in [6.07, 6.45) is 4.17. The standard InChI is InChI=1S/C17H26O3/c1-17(2)10-6-5-7-14(17)16(18)13-11-12(19-3)8-9-15(13)20-4/h8-9,11,14,16,18H,5-7,10H2,1-4H3. The van der Waals surface area contributed by atoms with Gasteiger partial charge in [0, 0.05) is 5.56 Å². The minimum absolute atomic E-state index is 0.158. The Kier molecular flexibility index (Phi) is 4.59. The number of aliphatic hydroxyl groups is 1. The van der Waals surface area contributed by atoms with Crippen molar-refractivity contribution >= 4 is 0 Å². The molecule has 0 bridgehead atoms. The van der Waals surface area contributed by atoms with Crippen molar-refractivity contribution < 1.29 is 14.6 Å². The minimum Gasteiger partial charge on any atom is -0.497 e. The summed E-state index contributed by atoms with van der Waals surface area (Å²) >= 11 is 0. The van der Waals surface area contributed by atoms with Crippen molar-refractivity contribution in [2.45, 2.75) is 45.6 Å². The van der Waals surface area contributed by atoms with Crippen molar-refractivity contribution in [3.05, 3.63) is 23.8 Å². The van der Waals surface area contributed by atoms with E-state index in [1.54, 1.807) is 14.2 Å². The van der Waals surface area contributed by atoms with Crippen molar-refractivity contribution in [2.24, 2.45) is 11.3 Å². The molecule has 0 heterocycles. The molecule has 1 aromatic rings. The van der Waals surface area contributed by atoms with Gasteiger partial charge < -0.3 is 14.6 Å². The Bertz CT molecular complexity index is 454.